The molecule has 1 fully saturated rings. The van der Waals surface area contributed by atoms with Crippen molar-refractivity contribution in [3.05, 3.63) is 35.4 Å². The SMILES string of the molecule is Cc1ccc(C(CN2CC(CS(=O)(=O)Cl)CC2=O)N(C)C)cc1. The second-order valence-electron chi connectivity index (χ2n) is 6.46. The zero-order valence-corrected chi connectivity index (χ0v) is 15.3. The van der Waals surface area contributed by atoms with Crippen molar-refractivity contribution in [3.63, 3.8) is 0 Å². The molecule has 128 valence electrons. The van der Waals surface area contributed by atoms with E-state index < -0.39 is 9.05 Å². The molecule has 0 aromatic heterocycles. The molecule has 0 bridgehead atoms. The van der Waals surface area contributed by atoms with Gasteiger partial charge in [0.15, 0.2) is 0 Å². The number of likely N-dealkylation sites (N-methyl/N-ethyl adjacent to an activating group) is 1. The minimum atomic E-state index is -3.57. The van der Waals surface area contributed by atoms with Gasteiger partial charge in [0.1, 0.15) is 0 Å². The molecule has 1 aliphatic heterocycles. The zero-order valence-electron chi connectivity index (χ0n) is 13.7. The molecular weight excluding hydrogens is 336 g/mol. The second kappa shape index (κ2) is 7.20. The Kier molecular flexibility index (Phi) is 5.70. The highest BCUT2D eigenvalue weighted by Crippen LogP contribution is 2.26. The quantitative estimate of drug-likeness (QED) is 0.730. The number of hydrogen-bond donors (Lipinski definition) is 0. The first-order valence-electron chi connectivity index (χ1n) is 7.59. The molecule has 0 radical (unpaired) electrons. The van der Waals surface area contributed by atoms with Crippen molar-refractivity contribution in [2.45, 2.75) is 19.4 Å². The third kappa shape index (κ3) is 5.19. The first-order chi connectivity index (χ1) is 10.7. The summed E-state index contributed by atoms with van der Waals surface area (Å²) in [6.45, 7) is 3.03. The number of hydrogen-bond acceptors (Lipinski definition) is 4. The smallest absolute Gasteiger partial charge is 0.232 e. The van der Waals surface area contributed by atoms with Crippen LogP contribution in [0.15, 0.2) is 24.3 Å². The van der Waals surface area contributed by atoms with Crippen LogP contribution in [0, 0.1) is 12.8 Å². The van der Waals surface area contributed by atoms with Gasteiger partial charge in [-0.1, -0.05) is 29.8 Å². The number of carbonyl (C=O) groups excluding carboxylic acids is 1. The summed E-state index contributed by atoms with van der Waals surface area (Å²) >= 11 is 0. The average molecular weight is 359 g/mol. The minimum Gasteiger partial charge on any atom is -0.340 e. The van der Waals surface area contributed by atoms with Crippen molar-refractivity contribution >= 4 is 25.6 Å². The summed E-state index contributed by atoms with van der Waals surface area (Å²) in [5.41, 5.74) is 2.33. The largest absolute Gasteiger partial charge is 0.340 e. The van der Waals surface area contributed by atoms with E-state index in [2.05, 4.69) is 29.2 Å². The lowest BCUT2D eigenvalue weighted by molar-refractivity contribution is -0.128. The minimum absolute atomic E-state index is 0.00530. The highest BCUT2D eigenvalue weighted by Gasteiger charge is 2.34. The maximum Gasteiger partial charge on any atom is 0.232 e. The third-order valence-corrected chi connectivity index (χ3v) is 5.46. The average Bonchev–Trinajstić information content (AvgIpc) is 2.74. The van der Waals surface area contributed by atoms with Crippen LogP contribution in [0.2, 0.25) is 0 Å². The predicted molar refractivity (Wildman–Crippen MR) is 91.9 cm³/mol. The summed E-state index contributed by atoms with van der Waals surface area (Å²) in [4.78, 5) is 16.0. The van der Waals surface area contributed by atoms with Crippen molar-refractivity contribution in [2.24, 2.45) is 5.92 Å². The van der Waals surface area contributed by atoms with Gasteiger partial charge < -0.3 is 9.80 Å². The van der Waals surface area contributed by atoms with Crippen LogP contribution in [0.25, 0.3) is 0 Å². The lowest BCUT2D eigenvalue weighted by Gasteiger charge is -2.29. The predicted octanol–water partition coefficient (Wildman–Crippen LogP) is 2.01. The van der Waals surface area contributed by atoms with Gasteiger partial charge in [0, 0.05) is 36.1 Å². The van der Waals surface area contributed by atoms with E-state index in [-0.39, 0.29) is 30.0 Å². The van der Waals surface area contributed by atoms with E-state index >= 15 is 0 Å². The van der Waals surface area contributed by atoms with Crippen LogP contribution >= 0.6 is 10.7 Å². The van der Waals surface area contributed by atoms with Crippen molar-refractivity contribution in [1.82, 2.24) is 9.80 Å². The van der Waals surface area contributed by atoms with Crippen LogP contribution in [-0.4, -0.2) is 57.1 Å². The molecule has 1 heterocycles. The van der Waals surface area contributed by atoms with Crippen LogP contribution in [0.3, 0.4) is 0 Å². The third-order valence-electron chi connectivity index (χ3n) is 4.21. The van der Waals surface area contributed by atoms with E-state index in [9.17, 15) is 13.2 Å². The van der Waals surface area contributed by atoms with Gasteiger partial charge in [-0.05, 0) is 26.6 Å². The molecule has 0 spiro atoms. The highest BCUT2D eigenvalue weighted by atomic mass is 35.7. The Morgan fingerprint density at radius 3 is 2.43 bits per heavy atom. The molecular formula is C16H23ClN2O3S. The van der Waals surface area contributed by atoms with Gasteiger partial charge in [0.25, 0.3) is 0 Å². The molecule has 5 nitrogen and oxygen atoms in total. The number of aryl methyl sites for hydroxylation is 1. The number of halogens is 1. The molecule has 2 atom stereocenters. The molecule has 0 aliphatic carbocycles. The number of nitrogens with zero attached hydrogens (tertiary/aromatic N) is 2. The Hall–Kier alpha value is -1.11. The Balaban J connectivity index is 2.08. The summed E-state index contributed by atoms with van der Waals surface area (Å²) in [7, 11) is 5.69. The number of carbonyl (C=O) groups is 1. The first kappa shape index (κ1) is 18.2. The number of amides is 1. The van der Waals surface area contributed by atoms with Crippen molar-refractivity contribution in [2.75, 3.05) is 32.9 Å². The summed E-state index contributed by atoms with van der Waals surface area (Å²) in [5, 5.41) is 0. The molecule has 1 amide bonds. The van der Waals surface area contributed by atoms with Crippen LogP contribution < -0.4 is 0 Å². The van der Waals surface area contributed by atoms with Crippen molar-refractivity contribution in [3.8, 4) is 0 Å². The Morgan fingerprint density at radius 2 is 1.91 bits per heavy atom. The standard InChI is InChI=1S/C16H23ClN2O3S/c1-12-4-6-14(7-5-12)15(18(2)3)10-19-9-13(8-16(19)20)11-23(17,21)22/h4-7,13,15H,8-11H2,1-3H3. The Bertz CT molecular complexity index is 658. The molecule has 0 N–H and O–H groups in total. The molecule has 0 saturated carbocycles. The lowest BCUT2D eigenvalue weighted by Crippen LogP contribution is -2.36. The zero-order chi connectivity index (χ0) is 17.2. The molecule has 2 rings (SSSR count). The Labute approximate surface area is 142 Å². The fourth-order valence-corrected chi connectivity index (χ4v) is 4.31. The van der Waals surface area contributed by atoms with Crippen molar-refractivity contribution < 1.29 is 13.2 Å². The van der Waals surface area contributed by atoms with Gasteiger partial charge >= 0.3 is 0 Å². The molecule has 23 heavy (non-hydrogen) atoms. The van der Waals surface area contributed by atoms with Gasteiger partial charge in [-0.2, -0.15) is 0 Å². The van der Waals surface area contributed by atoms with Gasteiger partial charge in [-0.3, -0.25) is 4.79 Å². The van der Waals surface area contributed by atoms with E-state index in [4.69, 9.17) is 10.7 Å². The van der Waals surface area contributed by atoms with Crippen molar-refractivity contribution in [1.29, 1.82) is 0 Å². The fraction of sp³-hybridized carbons (Fsp3) is 0.562. The molecule has 7 heteroatoms. The van der Waals surface area contributed by atoms with Crippen LogP contribution in [-0.2, 0) is 13.8 Å². The number of likely N-dealkylation sites (tertiary alicyclic amines) is 1. The molecule has 2 unspecified atom stereocenters. The number of rotatable bonds is 6. The van der Waals surface area contributed by atoms with Gasteiger partial charge in [0.05, 0.1) is 11.8 Å². The topological polar surface area (TPSA) is 57.7 Å². The lowest BCUT2D eigenvalue weighted by atomic mass is 10.0. The molecule has 1 aromatic carbocycles. The molecule has 1 aliphatic rings. The van der Waals surface area contributed by atoms with Crippen LogP contribution in [0.1, 0.15) is 23.6 Å². The second-order valence-corrected chi connectivity index (χ2v) is 9.29. The summed E-state index contributed by atoms with van der Waals surface area (Å²) in [6, 6.07) is 8.33. The monoisotopic (exact) mass is 358 g/mol. The van der Waals surface area contributed by atoms with E-state index in [1.807, 2.05) is 21.0 Å². The highest BCUT2D eigenvalue weighted by molar-refractivity contribution is 8.13. The summed E-state index contributed by atoms with van der Waals surface area (Å²) in [5.74, 6) is -0.367. The maximum atomic E-state index is 12.2. The van der Waals surface area contributed by atoms with E-state index in [1.54, 1.807) is 4.90 Å². The first-order valence-corrected chi connectivity index (χ1v) is 10.1. The normalized spacial score (nSPS) is 20.3. The van der Waals surface area contributed by atoms with Gasteiger partial charge in [-0.15, -0.1) is 0 Å². The maximum absolute atomic E-state index is 12.2. The summed E-state index contributed by atoms with van der Waals surface area (Å²) < 4.78 is 22.4. The van der Waals surface area contributed by atoms with Crippen LogP contribution in [0.4, 0.5) is 0 Å². The Morgan fingerprint density at radius 1 is 1.30 bits per heavy atom. The van der Waals surface area contributed by atoms with Gasteiger partial charge in [-0.25, -0.2) is 8.42 Å². The molecule has 1 saturated heterocycles. The van der Waals surface area contributed by atoms with Crippen LogP contribution in [0.5, 0.6) is 0 Å². The van der Waals surface area contributed by atoms with E-state index in [1.165, 1.54) is 5.56 Å². The number of benzene rings is 1. The van der Waals surface area contributed by atoms with Gasteiger partial charge in [0.2, 0.25) is 15.0 Å². The van der Waals surface area contributed by atoms with E-state index in [0.29, 0.717) is 13.1 Å². The van der Waals surface area contributed by atoms with E-state index in [0.717, 1.165) is 5.56 Å². The fourth-order valence-electron chi connectivity index (χ4n) is 2.99. The molecule has 1 aromatic rings. The summed E-state index contributed by atoms with van der Waals surface area (Å²) in [6.07, 6.45) is 0.250.